The van der Waals surface area contributed by atoms with Crippen LogP contribution in [-0.2, 0) is 19.1 Å². The predicted molar refractivity (Wildman–Crippen MR) is 105 cm³/mol. The van der Waals surface area contributed by atoms with Gasteiger partial charge < -0.3 is 24.3 Å². The van der Waals surface area contributed by atoms with Crippen molar-refractivity contribution in [3.63, 3.8) is 0 Å². The first-order chi connectivity index (χ1) is 13.7. The van der Waals surface area contributed by atoms with Gasteiger partial charge in [-0.05, 0) is 24.3 Å². The van der Waals surface area contributed by atoms with Crippen molar-refractivity contribution in [3.8, 4) is 11.5 Å². The summed E-state index contributed by atoms with van der Waals surface area (Å²) in [6.45, 7) is 1.30. The normalized spacial score (nSPS) is 10.2. The first-order valence-electron chi connectivity index (χ1n) is 9.02. The fourth-order valence-electron chi connectivity index (χ4n) is 2.25. The van der Waals surface area contributed by atoms with Crippen LogP contribution in [0, 0.1) is 0 Å². The van der Waals surface area contributed by atoms with E-state index >= 15 is 0 Å². The number of nitrogens with one attached hydrogen (secondary N) is 1. The summed E-state index contributed by atoms with van der Waals surface area (Å²) in [4.78, 5) is 23.5. The molecule has 0 bridgehead atoms. The van der Waals surface area contributed by atoms with E-state index in [-0.39, 0.29) is 25.4 Å². The molecule has 2 aromatic carbocycles. The lowest BCUT2D eigenvalue weighted by atomic mass is 10.2. The Morgan fingerprint density at radius 3 is 2.29 bits per heavy atom. The van der Waals surface area contributed by atoms with Gasteiger partial charge in [-0.25, -0.2) is 0 Å². The van der Waals surface area contributed by atoms with Gasteiger partial charge in [-0.3, -0.25) is 9.59 Å². The van der Waals surface area contributed by atoms with Gasteiger partial charge in [0.25, 0.3) is 0 Å². The second-order valence-corrected chi connectivity index (χ2v) is 5.80. The van der Waals surface area contributed by atoms with Crippen molar-refractivity contribution in [3.05, 3.63) is 54.6 Å². The number of hydrogen-bond donors (Lipinski definition) is 1. The summed E-state index contributed by atoms with van der Waals surface area (Å²) in [5, 5.41) is 2.74. The highest BCUT2D eigenvalue weighted by atomic mass is 16.6. The van der Waals surface area contributed by atoms with E-state index in [4.69, 9.17) is 18.9 Å². The predicted octanol–water partition coefficient (Wildman–Crippen LogP) is 3.05. The third-order valence-electron chi connectivity index (χ3n) is 3.59. The Morgan fingerprint density at radius 1 is 0.821 bits per heavy atom. The Kier molecular flexibility index (Phi) is 9.37. The number of amides is 1. The smallest absolute Gasteiger partial charge is 0.306 e. The lowest BCUT2D eigenvalue weighted by Crippen LogP contribution is -2.16. The summed E-state index contributed by atoms with van der Waals surface area (Å²) in [5.74, 6) is 0.706. The number of carbonyl (C=O) groups is 2. The quantitative estimate of drug-likeness (QED) is 0.445. The van der Waals surface area contributed by atoms with Crippen LogP contribution in [-0.4, -0.2) is 45.4 Å². The van der Waals surface area contributed by atoms with Gasteiger partial charge in [0.2, 0.25) is 5.91 Å². The zero-order valence-corrected chi connectivity index (χ0v) is 15.9. The lowest BCUT2D eigenvalue weighted by Gasteiger charge is -2.10. The number of carbonyl (C=O) groups excluding carboxylic acids is 2. The maximum atomic E-state index is 12.0. The summed E-state index contributed by atoms with van der Waals surface area (Å²) < 4.78 is 20.9. The standard InChI is InChI=1S/C21H25NO6/c1-25-12-13-28-21(24)11-10-20(23)22-17-6-5-9-19(16-17)27-15-14-26-18-7-3-2-4-8-18/h2-9,16H,10-15H2,1H3,(H,22,23). The van der Waals surface area contributed by atoms with Crippen LogP contribution in [0.25, 0.3) is 0 Å². The van der Waals surface area contributed by atoms with E-state index in [9.17, 15) is 9.59 Å². The number of benzene rings is 2. The zero-order chi connectivity index (χ0) is 20.0. The molecule has 0 heterocycles. The first kappa shape index (κ1) is 21.2. The van der Waals surface area contributed by atoms with Gasteiger partial charge in [-0.15, -0.1) is 0 Å². The van der Waals surface area contributed by atoms with Gasteiger partial charge in [0.15, 0.2) is 0 Å². The minimum atomic E-state index is -0.428. The highest BCUT2D eigenvalue weighted by Crippen LogP contribution is 2.18. The van der Waals surface area contributed by atoms with E-state index in [0.29, 0.717) is 31.3 Å². The summed E-state index contributed by atoms with van der Waals surface area (Å²) >= 11 is 0. The number of methoxy groups -OCH3 is 1. The molecule has 1 N–H and O–H groups in total. The van der Waals surface area contributed by atoms with Crippen LogP contribution in [0.4, 0.5) is 5.69 Å². The van der Waals surface area contributed by atoms with E-state index in [2.05, 4.69) is 5.32 Å². The maximum Gasteiger partial charge on any atom is 0.306 e. The summed E-state index contributed by atoms with van der Waals surface area (Å²) in [6, 6.07) is 16.5. The molecule has 0 aliphatic rings. The van der Waals surface area contributed by atoms with E-state index in [1.165, 1.54) is 7.11 Å². The summed E-state index contributed by atoms with van der Waals surface area (Å²) in [7, 11) is 1.52. The third-order valence-corrected chi connectivity index (χ3v) is 3.59. The number of ether oxygens (including phenoxy) is 4. The molecule has 0 radical (unpaired) electrons. The molecule has 28 heavy (non-hydrogen) atoms. The molecule has 0 aliphatic carbocycles. The topological polar surface area (TPSA) is 83.1 Å². The number of esters is 1. The van der Waals surface area contributed by atoms with Crippen LogP contribution in [0.15, 0.2) is 54.6 Å². The minimum absolute atomic E-state index is 0.0164. The molecule has 0 atom stereocenters. The van der Waals surface area contributed by atoms with Crippen molar-refractivity contribution in [2.75, 3.05) is 38.9 Å². The van der Waals surface area contributed by atoms with Gasteiger partial charge in [-0.1, -0.05) is 24.3 Å². The lowest BCUT2D eigenvalue weighted by molar-refractivity contribution is -0.145. The zero-order valence-electron chi connectivity index (χ0n) is 15.9. The summed E-state index contributed by atoms with van der Waals surface area (Å²) in [5.41, 5.74) is 0.597. The van der Waals surface area contributed by atoms with Crippen LogP contribution in [0.3, 0.4) is 0 Å². The van der Waals surface area contributed by atoms with Gasteiger partial charge in [-0.2, -0.15) is 0 Å². The number of anilines is 1. The maximum absolute atomic E-state index is 12.0. The van der Waals surface area contributed by atoms with Crippen LogP contribution >= 0.6 is 0 Å². The monoisotopic (exact) mass is 387 g/mol. The van der Waals surface area contributed by atoms with Crippen molar-refractivity contribution >= 4 is 17.6 Å². The van der Waals surface area contributed by atoms with E-state index in [1.807, 2.05) is 30.3 Å². The Morgan fingerprint density at radius 2 is 1.54 bits per heavy atom. The molecule has 0 aromatic heterocycles. The molecule has 2 aromatic rings. The van der Waals surface area contributed by atoms with E-state index in [0.717, 1.165) is 5.75 Å². The molecule has 2 rings (SSSR count). The second-order valence-electron chi connectivity index (χ2n) is 5.80. The molecule has 0 saturated heterocycles. The number of para-hydroxylation sites is 1. The third kappa shape index (κ3) is 8.55. The molecule has 0 unspecified atom stereocenters. The Hall–Kier alpha value is -3.06. The van der Waals surface area contributed by atoms with Crippen molar-refractivity contribution in [2.24, 2.45) is 0 Å². The molecular weight excluding hydrogens is 362 g/mol. The molecule has 7 heteroatoms. The highest BCUT2D eigenvalue weighted by molar-refractivity contribution is 5.92. The van der Waals surface area contributed by atoms with Crippen molar-refractivity contribution in [1.82, 2.24) is 0 Å². The first-order valence-corrected chi connectivity index (χ1v) is 9.02. The van der Waals surface area contributed by atoms with Gasteiger partial charge in [0, 0.05) is 25.3 Å². The fraction of sp³-hybridized carbons (Fsp3) is 0.333. The van der Waals surface area contributed by atoms with Gasteiger partial charge in [0.05, 0.1) is 13.0 Å². The molecular formula is C21H25NO6. The average Bonchev–Trinajstić information content (AvgIpc) is 2.71. The minimum Gasteiger partial charge on any atom is -0.490 e. The molecule has 1 amide bonds. The van der Waals surface area contributed by atoms with Crippen molar-refractivity contribution < 1.29 is 28.5 Å². The van der Waals surface area contributed by atoms with Crippen LogP contribution in [0.5, 0.6) is 11.5 Å². The molecule has 7 nitrogen and oxygen atoms in total. The molecule has 0 aliphatic heterocycles. The molecule has 150 valence electrons. The number of hydrogen-bond acceptors (Lipinski definition) is 6. The van der Waals surface area contributed by atoms with E-state index < -0.39 is 5.97 Å². The average molecular weight is 387 g/mol. The van der Waals surface area contributed by atoms with Gasteiger partial charge >= 0.3 is 5.97 Å². The van der Waals surface area contributed by atoms with Crippen molar-refractivity contribution in [2.45, 2.75) is 12.8 Å². The largest absolute Gasteiger partial charge is 0.490 e. The number of rotatable bonds is 12. The van der Waals surface area contributed by atoms with Gasteiger partial charge in [0.1, 0.15) is 31.3 Å². The van der Waals surface area contributed by atoms with Crippen molar-refractivity contribution in [1.29, 1.82) is 0 Å². The SMILES string of the molecule is COCCOC(=O)CCC(=O)Nc1cccc(OCCOc2ccccc2)c1. The van der Waals surface area contributed by atoms with Crippen LogP contribution in [0.2, 0.25) is 0 Å². The Labute approximate surface area is 164 Å². The Balaban J connectivity index is 1.68. The highest BCUT2D eigenvalue weighted by Gasteiger charge is 2.09. The molecule has 0 fully saturated rings. The summed E-state index contributed by atoms with van der Waals surface area (Å²) in [6.07, 6.45) is 0.0599. The fourth-order valence-corrected chi connectivity index (χ4v) is 2.25. The van der Waals surface area contributed by atoms with Crippen LogP contribution in [0.1, 0.15) is 12.8 Å². The second kappa shape index (κ2) is 12.3. The van der Waals surface area contributed by atoms with Crippen LogP contribution < -0.4 is 14.8 Å². The molecule has 0 spiro atoms. The Bertz CT molecular complexity index is 735. The van der Waals surface area contributed by atoms with E-state index in [1.54, 1.807) is 24.3 Å². The molecule has 0 saturated carbocycles.